The van der Waals surface area contributed by atoms with Crippen LogP contribution < -0.4 is 5.73 Å². The molecule has 7 heteroatoms. The summed E-state index contributed by atoms with van der Waals surface area (Å²) in [6.45, 7) is 10.9. The van der Waals surface area contributed by atoms with Gasteiger partial charge in [-0.25, -0.2) is 4.79 Å². The molecule has 7 nitrogen and oxygen atoms in total. The summed E-state index contributed by atoms with van der Waals surface area (Å²) in [6, 6.07) is -0.880. The lowest BCUT2D eigenvalue weighted by Crippen LogP contribution is -2.53. The molecule has 4 amide bonds. The quantitative estimate of drug-likeness (QED) is 0.704. The Kier molecular flexibility index (Phi) is 7.25. The van der Waals surface area contributed by atoms with Gasteiger partial charge in [0.25, 0.3) is 0 Å². The molecule has 1 aliphatic rings. The fourth-order valence-corrected chi connectivity index (χ4v) is 3.31. The molecule has 0 unspecified atom stereocenters. The van der Waals surface area contributed by atoms with Crippen molar-refractivity contribution >= 4 is 17.8 Å². The van der Waals surface area contributed by atoms with Crippen LogP contribution in [0.15, 0.2) is 12.7 Å². The number of nitrogens with zero attached hydrogens (tertiary/aromatic N) is 3. The number of carbonyl (C=O) groups excluding carboxylic acids is 3. The summed E-state index contributed by atoms with van der Waals surface area (Å²) in [5, 5.41) is 0. The monoisotopic (exact) mass is 338 g/mol. The summed E-state index contributed by atoms with van der Waals surface area (Å²) in [4.78, 5) is 41.2. The van der Waals surface area contributed by atoms with Crippen LogP contribution in [0.3, 0.4) is 0 Å². The minimum atomic E-state index is -0.641. The van der Waals surface area contributed by atoms with Gasteiger partial charge in [0.2, 0.25) is 11.8 Å². The molecule has 1 saturated heterocycles. The van der Waals surface area contributed by atoms with E-state index in [0.717, 1.165) is 12.8 Å². The maximum atomic E-state index is 12.7. The van der Waals surface area contributed by atoms with Crippen molar-refractivity contribution in [3.63, 3.8) is 0 Å². The molecule has 0 radical (unpaired) electrons. The summed E-state index contributed by atoms with van der Waals surface area (Å²) in [5.41, 5.74) is 5.43. The van der Waals surface area contributed by atoms with Crippen LogP contribution in [-0.4, -0.2) is 71.3 Å². The maximum Gasteiger partial charge on any atom is 0.320 e. The van der Waals surface area contributed by atoms with Crippen molar-refractivity contribution < 1.29 is 14.4 Å². The number of nitrogens with two attached hydrogens (primary N) is 1. The number of hydrogen-bond donors (Lipinski definition) is 1. The van der Waals surface area contributed by atoms with Gasteiger partial charge in [-0.2, -0.15) is 0 Å². The number of urea groups is 1. The van der Waals surface area contributed by atoms with Crippen molar-refractivity contribution in [1.82, 2.24) is 14.7 Å². The second-order valence-corrected chi connectivity index (χ2v) is 6.61. The summed E-state index contributed by atoms with van der Waals surface area (Å²) >= 11 is 0. The Labute approximate surface area is 144 Å². The summed E-state index contributed by atoms with van der Waals surface area (Å²) in [6.07, 6.45) is 2.89. The van der Waals surface area contributed by atoms with E-state index in [4.69, 9.17) is 5.73 Å². The molecular formula is C17H30N4O3. The second-order valence-electron chi connectivity index (χ2n) is 6.61. The molecule has 1 fully saturated rings. The van der Waals surface area contributed by atoms with Gasteiger partial charge in [0.1, 0.15) is 6.04 Å². The molecule has 0 spiro atoms. The topological polar surface area (TPSA) is 87.0 Å². The van der Waals surface area contributed by atoms with Crippen molar-refractivity contribution in [2.75, 3.05) is 26.7 Å². The lowest BCUT2D eigenvalue weighted by molar-refractivity contribution is -0.128. The van der Waals surface area contributed by atoms with E-state index in [1.807, 2.05) is 20.8 Å². The van der Waals surface area contributed by atoms with Crippen LogP contribution in [0.2, 0.25) is 0 Å². The Morgan fingerprint density at radius 3 is 2.46 bits per heavy atom. The fourth-order valence-electron chi connectivity index (χ4n) is 3.31. The number of hydrogen-bond acceptors (Lipinski definition) is 3. The molecule has 0 aromatic rings. The third-order valence-corrected chi connectivity index (χ3v) is 4.44. The minimum Gasteiger partial charge on any atom is -0.368 e. The molecule has 2 N–H and O–H groups in total. The van der Waals surface area contributed by atoms with Crippen molar-refractivity contribution in [1.29, 1.82) is 0 Å². The highest BCUT2D eigenvalue weighted by molar-refractivity contribution is 5.88. The third-order valence-electron chi connectivity index (χ3n) is 4.44. The van der Waals surface area contributed by atoms with Gasteiger partial charge in [0.15, 0.2) is 0 Å². The minimum absolute atomic E-state index is 0.0149. The number of amides is 4. The van der Waals surface area contributed by atoms with E-state index in [9.17, 15) is 14.4 Å². The van der Waals surface area contributed by atoms with Crippen LogP contribution >= 0.6 is 0 Å². The molecule has 0 aliphatic carbocycles. The smallest absolute Gasteiger partial charge is 0.320 e. The van der Waals surface area contributed by atoms with Gasteiger partial charge >= 0.3 is 6.03 Å². The lowest BCUT2D eigenvalue weighted by atomic mass is 10.0. The largest absolute Gasteiger partial charge is 0.368 e. The second kappa shape index (κ2) is 8.70. The zero-order valence-electron chi connectivity index (χ0n) is 15.2. The zero-order valence-corrected chi connectivity index (χ0v) is 15.2. The molecule has 0 saturated carbocycles. The predicted octanol–water partition coefficient (Wildman–Crippen LogP) is 1.05. The lowest BCUT2D eigenvalue weighted by Gasteiger charge is -2.33. The molecule has 1 rings (SSSR count). The van der Waals surface area contributed by atoms with Crippen LogP contribution in [0.5, 0.6) is 0 Å². The normalized spacial score (nSPS) is 18.4. The SMILES string of the molecule is C=CC(=O)N(CCC)[C@H]1CCN(C(=O)N(C)[C@H](C(N)=O)C(C)C)C1. The van der Waals surface area contributed by atoms with Gasteiger partial charge in [-0.05, 0) is 24.8 Å². The average molecular weight is 338 g/mol. The molecule has 0 aromatic heterocycles. The Morgan fingerprint density at radius 2 is 2.00 bits per heavy atom. The summed E-state index contributed by atoms with van der Waals surface area (Å²) in [5.74, 6) is -0.679. The van der Waals surface area contributed by atoms with Crippen LogP contribution in [0.4, 0.5) is 4.79 Å². The number of likely N-dealkylation sites (N-methyl/N-ethyl adjacent to an activating group) is 1. The molecule has 24 heavy (non-hydrogen) atoms. The van der Waals surface area contributed by atoms with E-state index in [-0.39, 0.29) is 23.9 Å². The zero-order chi connectivity index (χ0) is 18.4. The first kappa shape index (κ1) is 20.0. The van der Waals surface area contributed by atoms with Crippen LogP contribution in [0.25, 0.3) is 0 Å². The van der Waals surface area contributed by atoms with Crippen LogP contribution in [-0.2, 0) is 9.59 Å². The molecule has 136 valence electrons. The van der Waals surface area contributed by atoms with E-state index in [0.29, 0.717) is 19.6 Å². The highest BCUT2D eigenvalue weighted by Gasteiger charge is 2.36. The van der Waals surface area contributed by atoms with Gasteiger partial charge in [-0.3, -0.25) is 9.59 Å². The van der Waals surface area contributed by atoms with E-state index in [1.54, 1.807) is 16.8 Å². The molecule has 2 atom stereocenters. The maximum absolute atomic E-state index is 12.7. The van der Waals surface area contributed by atoms with E-state index in [1.165, 1.54) is 11.0 Å². The van der Waals surface area contributed by atoms with Gasteiger partial charge in [0, 0.05) is 26.7 Å². The highest BCUT2D eigenvalue weighted by Crippen LogP contribution is 2.20. The number of likely N-dealkylation sites (tertiary alicyclic amines) is 1. The Balaban J connectivity index is 2.80. The first-order valence-electron chi connectivity index (χ1n) is 8.48. The molecule has 1 heterocycles. The first-order chi connectivity index (χ1) is 11.2. The molecule has 0 bridgehead atoms. The Morgan fingerprint density at radius 1 is 1.38 bits per heavy atom. The Hall–Kier alpha value is -2.05. The molecular weight excluding hydrogens is 308 g/mol. The van der Waals surface area contributed by atoms with E-state index >= 15 is 0 Å². The summed E-state index contributed by atoms with van der Waals surface area (Å²) in [7, 11) is 1.60. The number of primary amides is 1. The summed E-state index contributed by atoms with van der Waals surface area (Å²) < 4.78 is 0. The van der Waals surface area contributed by atoms with Gasteiger partial charge in [-0.15, -0.1) is 0 Å². The van der Waals surface area contributed by atoms with Crippen LogP contribution in [0, 0.1) is 5.92 Å². The fraction of sp³-hybridized carbons (Fsp3) is 0.706. The number of rotatable bonds is 7. The molecule has 0 aromatic carbocycles. The van der Waals surface area contributed by atoms with Crippen molar-refractivity contribution in [3.8, 4) is 0 Å². The van der Waals surface area contributed by atoms with Gasteiger partial charge < -0.3 is 20.4 Å². The van der Waals surface area contributed by atoms with Gasteiger partial charge in [-0.1, -0.05) is 27.4 Å². The van der Waals surface area contributed by atoms with E-state index in [2.05, 4.69) is 6.58 Å². The Bertz CT molecular complexity index is 492. The van der Waals surface area contributed by atoms with Crippen molar-refractivity contribution in [3.05, 3.63) is 12.7 Å². The predicted molar refractivity (Wildman–Crippen MR) is 93.2 cm³/mol. The molecule has 1 aliphatic heterocycles. The van der Waals surface area contributed by atoms with E-state index < -0.39 is 11.9 Å². The number of carbonyl (C=O) groups is 3. The van der Waals surface area contributed by atoms with Crippen molar-refractivity contribution in [2.24, 2.45) is 11.7 Å². The standard InChI is InChI=1S/C17H30N4O3/c1-6-9-21(14(22)7-2)13-8-10-20(11-13)17(24)19(5)15(12(3)4)16(18)23/h7,12-13,15H,2,6,8-11H2,1,3-5H3,(H2,18,23)/t13-,15-/m0/s1. The average Bonchev–Trinajstić information content (AvgIpc) is 2.99. The first-order valence-corrected chi connectivity index (χ1v) is 8.48. The van der Waals surface area contributed by atoms with Gasteiger partial charge in [0.05, 0.1) is 6.04 Å². The van der Waals surface area contributed by atoms with Crippen LogP contribution in [0.1, 0.15) is 33.6 Å². The highest BCUT2D eigenvalue weighted by atomic mass is 16.2. The third kappa shape index (κ3) is 4.49. The van der Waals surface area contributed by atoms with Crippen molar-refractivity contribution in [2.45, 2.75) is 45.7 Å².